The van der Waals surface area contributed by atoms with E-state index in [1.165, 1.54) is 60.6 Å². The molecule has 2 heteroatoms. The largest absolute Gasteiger partial charge is 0.380 e. The van der Waals surface area contributed by atoms with Crippen LogP contribution in [0, 0.1) is 5.92 Å². The summed E-state index contributed by atoms with van der Waals surface area (Å²) in [7, 11) is 0. The van der Waals surface area contributed by atoms with Crippen LogP contribution >= 0.6 is 0 Å². The molecule has 0 aliphatic heterocycles. The lowest BCUT2D eigenvalue weighted by Gasteiger charge is -2.37. The van der Waals surface area contributed by atoms with Gasteiger partial charge in [0, 0.05) is 12.5 Å². The zero-order valence-electron chi connectivity index (χ0n) is 18.2. The van der Waals surface area contributed by atoms with Crippen molar-refractivity contribution in [2.24, 2.45) is 5.92 Å². The minimum atomic E-state index is -0.368. The second-order valence-corrected chi connectivity index (χ2v) is 8.41. The van der Waals surface area contributed by atoms with Crippen molar-refractivity contribution in [3.63, 3.8) is 0 Å². The van der Waals surface area contributed by atoms with Crippen molar-refractivity contribution < 1.29 is 9.53 Å². The van der Waals surface area contributed by atoms with Crippen molar-refractivity contribution in [3.8, 4) is 11.1 Å². The molecule has 2 aromatic rings. The Balaban J connectivity index is 1.92. The number of rotatable bonds is 13. The van der Waals surface area contributed by atoms with Crippen LogP contribution in [0.4, 0.5) is 0 Å². The van der Waals surface area contributed by atoms with Gasteiger partial charge in [0.25, 0.3) is 0 Å². The van der Waals surface area contributed by atoms with E-state index in [0.29, 0.717) is 6.61 Å². The van der Waals surface area contributed by atoms with Crippen molar-refractivity contribution in [2.45, 2.75) is 70.6 Å². The SMILES string of the molecule is CCCCCCCCC(C=O)C1(COCCC)c2ccccc2-c2ccccc21. The van der Waals surface area contributed by atoms with E-state index in [1.807, 2.05) is 0 Å². The monoisotopic (exact) mass is 392 g/mol. The Morgan fingerprint density at radius 1 is 0.828 bits per heavy atom. The van der Waals surface area contributed by atoms with Crippen LogP contribution in [0.5, 0.6) is 0 Å². The minimum absolute atomic E-state index is 0.0599. The topological polar surface area (TPSA) is 26.3 Å². The number of unbranched alkanes of at least 4 members (excludes halogenated alkanes) is 5. The van der Waals surface area contributed by atoms with E-state index >= 15 is 0 Å². The van der Waals surface area contributed by atoms with Gasteiger partial charge in [-0.2, -0.15) is 0 Å². The van der Waals surface area contributed by atoms with Crippen molar-refractivity contribution in [3.05, 3.63) is 59.7 Å². The summed E-state index contributed by atoms with van der Waals surface area (Å²) in [5, 5.41) is 0. The van der Waals surface area contributed by atoms with Gasteiger partial charge in [-0.3, -0.25) is 0 Å². The molecular weight excluding hydrogens is 356 g/mol. The van der Waals surface area contributed by atoms with Gasteiger partial charge in [0.15, 0.2) is 0 Å². The van der Waals surface area contributed by atoms with Crippen LogP contribution in [-0.4, -0.2) is 19.5 Å². The van der Waals surface area contributed by atoms with Crippen molar-refractivity contribution in [2.75, 3.05) is 13.2 Å². The van der Waals surface area contributed by atoms with Crippen molar-refractivity contribution in [1.29, 1.82) is 0 Å². The van der Waals surface area contributed by atoms with Gasteiger partial charge in [0.05, 0.1) is 12.0 Å². The number of hydrogen-bond donors (Lipinski definition) is 0. The molecule has 0 N–H and O–H groups in total. The Bertz CT molecular complexity index is 734. The van der Waals surface area contributed by atoms with Gasteiger partial charge >= 0.3 is 0 Å². The third-order valence-corrected chi connectivity index (χ3v) is 6.45. The van der Waals surface area contributed by atoms with Crippen LogP contribution in [-0.2, 0) is 14.9 Å². The fourth-order valence-electron chi connectivity index (χ4n) is 4.97. The van der Waals surface area contributed by atoms with E-state index in [1.54, 1.807) is 0 Å². The molecule has 0 aromatic heterocycles. The Labute approximate surface area is 176 Å². The smallest absolute Gasteiger partial charge is 0.124 e. The maximum Gasteiger partial charge on any atom is 0.124 e. The van der Waals surface area contributed by atoms with Gasteiger partial charge in [0.1, 0.15) is 6.29 Å². The molecule has 1 aliphatic carbocycles. The summed E-state index contributed by atoms with van der Waals surface area (Å²) in [6.07, 6.45) is 10.6. The normalized spacial score (nSPS) is 15.0. The quantitative estimate of drug-likeness (QED) is 0.272. The highest BCUT2D eigenvalue weighted by Crippen LogP contribution is 2.53. The highest BCUT2D eigenvalue weighted by Gasteiger charge is 2.48. The summed E-state index contributed by atoms with van der Waals surface area (Å²) in [6, 6.07) is 17.2. The molecule has 0 amide bonds. The predicted molar refractivity (Wildman–Crippen MR) is 121 cm³/mol. The van der Waals surface area contributed by atoms with Gasteiger partial charge in [-0.25, -0.2) is 0 Å². The van der Waals surface area contributed by atoms with Crippen LogP contribution in [0.15, 0.2) is 48.5 Å². The maximum absolute atomic E-state index is 12.5. The fourth-order valence-corrected chi connectivity index (χ4v) is 4.97. The number of fused-ring (bicyclic) bond motifs is 3. The predicted octanol–water partition coefficient (Wildman–Crippen LogP) is 6.95. The van der Waals surface area contributed by atoms with E-state index in [4.69, 9.17) is 4.74 Å². The van der Waals surface area contributed by atoms with E-state index in [0.717, 1.165) is 25.9 Å². The first-order valence-electron chi connectivity index (χ1n) is 11.5. The zero-order chi connectivity index (χ0) is 20.5. The molecule has 29 heavy (non-hydrogen) atoms. The van der Waals surface area contributed by atoms with Crippen LogP contribution in [0.1, 0.15) is 76.3 Å². The number of benzene rings is 2. The molecule has 156 valence electrons. The molecule has 1 unspecified atom stereocenters. The third kappa shape index (κ3) is 4.48. The lowest BCUT2D eigenvalue weighted by atomic mass is 9.67. The molecular formula is C27H36O2. The van der Waals surface area contributed by atoms with Gasteiger partial charge in [-0.1, -0.05) is 101 Å². The summed E-state index contributed by atoms with van der Waals surface area (Å²) < 4.78 is 6.17. The second-order valence-electron chi connectivity index (χ2n) is 8.41. The van der Waals surface area contributed by atoms with Crippen LogP contribution in [0.25, 0.3) is 11.1 Å². The van der Waals surface area contributed by atoms with E-state index in [-0.39, 0.29) is 11.3 Å². The molecule has 0 radical (unpaired) electrons. The van der Waals surface area contributed by atoms with Crippen molar-refractivity contribution >= 4 is 6.29 Å². The second kappa shape index (κ2) is 10.7. The number of ether oxygens (including phenoxy) is 1. The Kier molecular flexibility index (Phi) is 8.06. The molecule has 0 saturated heterocycles. The van der Waals surface area contributed by atoms with Crippen LogP contribution in [0.2, 0.25) is 0 Å². The first-order valence-corrected chi connectivity index (χ1v) is 11.5. The summed E-state index contributed by atoms with van der Waals surface area (Å²) >= 11 is 0. The Morgan fingerprint density at radius 2 is 1.41 bits per heavy atom. The van der Waals surface area contributed by atoms with Gasteiger partial charge < -0.3 is 9.53 Å². The highest BCUT2D eigenvalue weighted by atomic mass is 16.5. The molecule has 0 saturated carbocycles. The minimum Gasteiger partial charge on any atom is -0.380 e. The molecule has 0 heterocycles. The summed E-state index contributed by atoms with van der Waals surface area (Å²) in [4.78, 5) is 12.5. The van der Waals surface area contributed by atoms with Crippen molar-refractivity contribution in [1.82, 2.24) is 0 Å². The summed E-state index contributed by atoms with van der Waals surface area (Å²) in [6.45, 7) is 5.69. The molecule has 2 nitrogen and oxygen atoms in total. The molecule has 1 atom stereocenters. The summed E-state index contributed by atoms with van der Waals surface area (Å²) in [5.74, 6) is -0.0599. The lowest BCUT2D eigenvalue weighted by molar-refractivity contribution is -0.113. The first kappa shape index (κ1) is 21.8. The molecule has 1 aliphatic rings. The van der Waals surface area contributed by atoms with E-state index < -0.39 is 0 Å². The average molecular weight is 393 g/mol. The van der Waals surface area contributed by atoms with E-state index in [9.17, 15) is 4.79 Å². The number of carbonyl (C=O) groups excluding carboxylic acids is 1. The van der Waals surface area contributed by atoms with Gasteiger partial charge in [-0.15, -0.1) is 0 Å². The Hall–Kier alpha value is -1.93. The van der Waals surface area contributed by atoms with E-state index in [2.05, 4.69) is 62.4 Å². The fraction of sp³-hybridized carbons (Fsp3) is 0.519. The molecule has 2 aromatic carbocycles. The number of carbonyl (C=O) groups is 1. The average Bonchev–Trinajstić information content (AvgIpc) is 3.05. The lowest BCUT2D eigenvalue weighted by Crippen LogP contribution is -2.40. The van der Waals surface area contributed by atoms with Crippen LogP contribution in [0.3, 0.4) is 0 Å². The highest BCUT2D eigenvalue weighted by molar-refractivity contribution is 5.83. The maximum atomic E-state index is 12.5. The zero-order valence-corrected chi connectivity index (χ0v) is 18.2. The molecule has 3 rings (SSSR count). The summed E-state index contributed by atoms with van der Waals surface area (Å²) in [5.41, 5.74) is 4.69. The molecule has 0 bridgehead atoms. The number of aldehydes is 1. The third-order valence-electron chi connectivity index (χ3n) is 6.45. The number of hydrogen-bond acceptors (Lipinski definition) is 2. The van der Waals surface area contributed by atoms with Crippen LogP contribution < -0.4 is 0 Å². The standard InChI is InChI=1S/C27H36O2/c1-3-5-6-7-8-9-14-22(20-28)27(21-29-19-4-2)25-17-12-10-15-23(25)24-16-11-13-18-26(24)27/h10-13,15-18,20,22H,3-9,14,19,21H2,1-2H3. The first-order chi connectivity index (χ1) is 14.3. The molecule has 0 spiro atoms. The van der Waals surface area contributed by atoms with Gasteiger partial charge in [0.2, 0.25) is 0 Å². The molecule has 0 fully saturated rings. The van der Waals surface area contributed by atoms with Gasteiger partial charge in [-0.05, 0) is 35.1 Å². The Morgan fingerprint density at radius 3 is 2.00 bits per heavy atom.